The van der Waals surface area contributed by atoms with Crippen molar-refractivity contribution in [3.8, 4) is 12.1 Å². The fraction of sp³-hybridized carbons (Fsp3) is 0.182. The Bertz CT molecular complexity index is 1150. The van der Waals surface area contributed by atoms with Crippen LogP contribution in [0.15, 0.2) is 65.1 Å². The average molecular weight is 423 g/mol. The van der Waals surface area contributed by atoms with E-state index in [0.29, 0.717) is 28.1 Å². The van der Waals surface area contributed by atoms with Crippen LogP contribution in [-0.2, 0) is 6.18 Å². The first-order valence-electron chi connectivity index (χ1n) is 9.09. The fourth-order valence-electron chi connectivity index (χ4n) is 3.32. The molecule has 3 rings (SSSR count). The quantitative estimate of drug-likeness (QED) is 0.749. The molecule has 2 N–H and O–H groups in total. The predicted molar refractivity (Wildman–Crippen MR) is 106 cm³/mol. The van der Waals surface area contributed by atoms with E-state index in [1.807, 2.05) is 0 Å². The lowest BCUT2D eigenvalue weighted by Crippen LogP contribution is -2.23. The van der Waals surface area contributed by atoms with Gasteiger partial charge in [0.25, 0.3) is 5.91 Å². The Balaban J connectivity index is 1.91. The number of benzene rings is 1. The number of nitrogens with one attached hydrogen (secondary N) is 2. The van der Waals surface area contributed by atoms with E-state index in [9.17, 15) is 28.5 Å². The highest BCUT2D eigenvalue weighted by molar-refractivity contribution is 6.04. The second kappa shape index (κ2) is 8.33. The van der Waals surface area contributed by atoms with Crippen molar-refractivity contribution in [2.45, 2.75) is 25.9 Å². The van der Waals surface area contributed by atoms with Crippen LogP contribution in [0.1, 0.15) is 41.4 Å². The van der Waals surface area contributed by atoms with Gasteiger partial charge in [0, 0.05) is 17.0 Å². The third kappa shape index (κ3) is 4.41. The molecule has 0 saturated carbocycles. The number of alkyl halides is 3. The van der Waals surface area contributed by atoms with Crippen LogP contribution in [0.2, 0.25) is 0 Å². The summed E-state index contributed by atoms with van der Waals surface area (Å²) in [5.74, 6) is -1.19. The Labute approximate surface area is 176 Å². The van der Waals surface area contributed by atoms with Gasteiger partial charge in [-0.1, -0.05) is 12.1 Å². The smallest absolute Gasteiger partial charge is 0.361 e. The zero-order valence-corrected chi connectivity index (χ0v) is 16.5. The summed E-state index contributed by atoms with van der Waals surface area (Å²) in [5, 5.41) is 24.7. The molecule has 31 heavy (non-hydrogen) atoms. The highest BCUT2D eigenvalue weighted by atomic mass is 19.4. The van der Waals surface area contributed by atoms with Gasteiger partial charge in [0.1, 0.15) is 5.69 Å². The molecule has 1 aromatic carbocycles. The molecule has 0 atom stereocenters. The van der Waals surface area contributed by atoms with E-state index >= 15 is 0 Å². The molecule has 0 unspecified atom stereocenters. The number of aromatic nitrogens is 1. The third-order valence-electron chi connectivity index (χ3n) is 4.80. The van der Waals surface area contributed by atoms with Gasteiger partial charge in [0.2, 0.25) is 0 Å². The summed E-state index contributed by atoms with van der Waals surface area (Å²) in [6.07, 6.45) is -3.64. The van der Waals surface area contributed by atoms with Gasteiger partial charge in [-0.3, -0.25) is 4.79 Å². The molecule has 1 amide bonds. The minimum absolute atomic E-state index is 0.104. The molecule has 156 valence electrons. The van der Waals surface area contributed by atoms with Gasteiger partial charge in [-0.05, 0) is 43.7 Å². The summed E-state index contributed by atoms with van der Waals surface area (Å²) in [5.41, 5.74) is 1.82. The highest BCUT2D eigenvalue weighted by Gasteiger charge is 2.32. The number of hydrogen-bond acceptors (Lipinski definition) is 5. The number of halogens is 3. The number of nitriles is 2. The SMILES string of the molecule is CC1=C(C#N)C(c2cccc(C(=O)Nc3ccc(C(F)(F)F)nc3)c2)C(C#N)=C(C)N1. The molecule has 0 saturated heterocycles. The Morgan fingerprint density at radius 1 is 1.10 bits per heavy atom. The van der Waals surface area contributed by atoms with Gasteiger partial charge in [-0.2, -0.15) is 23.7 Å². The lowest BCUT2D eigenvalue weighted by Gasteiger charge is -2.26. The predicted octanol–water partition coefficient (Wildman–Crippen LogP) is 4.63. The van der Waals surface area contributed by atoms with Crippen LogP contribution in [0.25, 0.3) is 0 Å². The number of nitrogens with zero attached hydrogens (tertiary/aromatic N) is 3. The Morgan fingerprint density at radius 2 is 1.74 bits per heavy atom. The largest absolute Gasteiger partial charge is 0.433 e. The normalized spacial score (nSPS) is 14.5. The van der Waals surface area contributed by atoms with Gasteiger partial charge in [0.15, 0.2) is 0 Å². The van der Waals surface area contributed by atoms with Crippen LogP contribution in [0.5, 0.6) is 0 Å². The van der Waals surface area contributed by atoms with Crippen LogP contribution in [0.3, 0.4) is 0 Å². The highest BCUT2D eigenvalue weighted by Crippen LogP contribution is 2.37. The number of dihydropyridines is 1. The number of anilines is 1. The summed E-state index contributed by atoms with van der Waals surface area (Å²) in [6.45, 7) is 3.47. The van der Waals surface area contributed by atoms with Crippen LogP contribution < -0.4 is 10.6 Å². The van der Waals surface area contributed by atoms with Crippen molar-refractivity contribution in [2.75, 3.05) is 5.32 Å². The van der Waals surface area contributed by atoms with E-state index in [-0.39, 0.29) is 11.3 Å². The van der Waals surface area contributed by atoms with Crippen molar-refractivity contribution in [3.63, 3.8) is 0 Å². The molecule has 1 aliphatic heterocycles. The molecule has 0 bridgehead atoms. The second-order valence-electron chi connectivity index (χ2n) is 6.87. The number of pyridine rings is 1. The zero-order chi connectivity index (χ0) is 22.8. The number of amides is 1. The molecule has 2 heterocycles. The van der Waals surface area contributed by atoms with Crippen LogP contribution in [0.4, 0.5) is 18.9 Å². The molecular formula is C22H16F3N5O. The van der Waals surface area contributed by atoms with E-state index in [4.69, 9.17) is 0 Å². The Morgan fingerprint density at radius 3 is 2.26 bits per heavy atom. The van der Waals surface area contributed by atoms with Crippen molar-refractivity contribution in [2.24, 2.45) is 0 Å². The maximum atomic E-state index is 12.6. The van der Waals surface area contributed by atoms with Crippen molar-refractivity contribution in [1.82, 2.24) is 10.3 Å². The number of allylic oxidation sites excluding steroid dienone is 4. The Hall–Kier alpha value is -4.11. The zero-order valence-electron chi connectivity index (χ0n) is 16.5. The summed E-state index contributed by atoms with van der Waals surface area (Å²) >= 11 is 0. The van der Waals surface area contributed by atoms with E-state index < -0.39 is 23.7 Å². The molecule has 6 nitrogen and oxygen atoms in total. The monoisotopic (exact) mass is 423 g/mol. The maximum Gasteiger partial charge on any atom is 0.433 e. The molecular weight excluding hydrogens is 407 g/mol. The molecule has 9 heteroatoms. The summed E-state index contributed by atoms with van der Waals surface area (Å²) in [7, 11) is 0. The molecule has 1 aliphatic rings. The van der Waals surface area contributed by atoms with Crippen molar-refractivity contribution < 1.29 is 18.0 Å². The second-order valence-corrected chi connectivity index (χ2v) is 6.87. The fourth-order valence-corrected chi connectivity index (χ4v) is 3.32. The topological polar surface area (TPSA) is 102 Å². The average Bonchev–Trinajstić information content (AvgIpc) is 2.73. The lowest BCUT2D eigenvalue weighted by molar-refractivity contribution is -0.141. The standard InChI is InChI=1S/C22H16F3N5O/c1-12-17(9-26)20(18(10-27)13(2)29-12)14-4-3-5-15(8-14)21(31)30-16-6-7-19(28-11-16)22(23,24)25/h3-8,11,20,29H,1-2H3,(H,30,31). The number of carbonyl (C=O) groups is 1. The van der Waals surface area contributed by atoms with Gasteiger partial charge in [-0.25, -0.2) is 4.98 Å². The van der Waals surface area contributed by atoms with Crippen LogP contribution in [0, 0.1) is 22.7 Å². The van der Waals surface area contributed by atoms with Crippen molar-refractivity contribution >= 4 is 11.6 Å². The van der Waals surface area contributed by atoms with Gasteiger partial charge in [0.05, 0.1) is 41.1 Å². The van der Waals surface area contributed by atoms with Crippen LogP contribution >= 0.6 is 0 Å². The van der Waals surface area contributed by atoms with Gasteiger partial charge in [-0.15, -0.1) is 0 Å². The minimum atomic E-state index is -4.57. The number of hydrogen-bond donors (Lipinski definition) is 2. The minimum Gasteiger partial charge on any atom is -0.361 e. The molecule has 1 aromatic heterocycles. The van der Waals surface area contributed by atoms with Gasteiger partial charge < -0.3 is 10.6 Å². The number of rotatable bonds is 3. The molecule has 2 aromatic rings. The maximum absolute atomic E-state index is 12.6. The van der Waals surface area contributed by atoms with E-state index in [0.717, 1.165) is 18.3 Å². The number of carbonyl (C=O) groups excluding carboxylic acids is 1. The van der Waals surface area contributed by atoms with E-state index in [1.165, 1.54) is 6.07 Å². The summed E-state index contributed by atoms with van der Waals surface area (Å²) < 4.78 is 37.9. The van der Waals surface area contributed by atoms with Crippen molar-refractivity contribution in [1.29, 1.82) is 10.5 Å². The first kappa shape index (κ1) is 21.6. The molecule has 0 aliphatic carbocycles. The molecule has 0 spiro atoms. The molecule has 0 fully saturated rings. The lowest BCUT2D eigenvalue weighted by atomic mass is 9.81. The summed E-state index contributed by atoms with van der Waals surface area (Å²) in [4.78, 5) is 15.9. The van der Waals surface area contributed by atoms with Gasteiger partial charge >= 0.3 is 6.18 Å². The van der Waals surface area contributed by atoms with E-state index in [1.54, 1.807) is 32.0 Å². The van der Waals surface area contributed by atoms with Crippen molar-refractivity contribution in [3.05, 3.63) is 82.0 Å². The van der Waals surface area contributed by atoms with Crippen LogP contribution in [-0.4, -0.2) is 10.9 Å². The third-order valence-corrected chi connectivity index (χ3v) is 4.80. The first-order valence-corrected chi connectivity index (χ1v) is 9.09. The first-order chi connectivity index (χ1) is 14.7. The summed E-state index contributed by atoms with van der Waals surface area (Å²) in [6, 6.07) is 12.6. The van der Waals surface area contributed by atoms with E-state index in [2.05, 4.69) is 27.8 Å². The molecule has 0 radical (unpaired) electrons. The Kier molecular flexibility index (Phi) is 5.80.